The molecule has 1 amide bonds. The van der Waals surface area contributed by atoms with Crippen molar-refractivity contribution in [3.8, 4) is 5.75 Å². The molecule has 2 aromatic rings. The van der Waals surface area contributed by atoms with E-state index in [1.54, 1.807) is 19.1 Å². The van der Waals surface area contributed by atoms with E-state index in [1.807, 2.05) is 39.2 Å². The van der Waals surface area contributed by atoms with Gasteiger partial charge in [-0.3, -0.25) is 4.79 Å². The van der Waals surface area contributed by atoms with Crippen molar-refractivity contribution in [2.75, 3.05) is 12.4 Å². The summed E-state index contributed by atoms with van der Waals surface area (Å²) in [5, 5.41) is 2.87. The van der Waals surface area contributed by atoms with Crippen molar-refractivity contribution in [2.45, 2.75) is 63.8 Å². The predicted octanol–water partition coefficient (Wildman–Crippen LogP) is 4.51. The lowest BCUT2D eigenvalue weighted by Gasteiger charge is -2.18. The number of hydrogen-bond acceptors (Lipinski definition) is 4. The molecule has 1 heterocycles. The van der Waals surface area contributed by atoms with E-state index in [9.17, 15) is 13.2 Å². The van der Waals surface area contributed by atoms with Crippen LogP contribution in [0.25, 0.3) is 0 Å². The van der Waals surface area contributed by atoms with Crippen molar-refractivity contribution in [3.05, 3.63) is 35.5 Å². The summed E-state index contributed by atoms with van der Waals surface area (Å²) in [5.41, 5.74) is 1.46. The summed E-state index contributed by atoms with van der Waals surface area (Å²) in [4.78, 5) is 12.8. The smallest absolute Gasteiger partial charge is 0.225 e. The molecule has 0 bridgehead atoms. The maximum absolute atomic E-state index is 13.5. The van der Waals surface area contributed by atoms with Crippen molar-refractivity contribution in [1.29, 1.82) is 0 Å². The van der Waals surface area contributed by atoms with Gasteiger partial charge in [-0.05, 0) is 63.4 Å². The number of benzene rings is 1. The molecule has 1 N–H and O–H groups in total. The highest BCUT2D eigenvalue weighted by Gasteiger charge is 2.31. The highest BCUT2D eigenvalue weighted by atomic mass is 32.2. The maximum Gasteiger partial charge on any atom is 0.225 e. The molecule has 0 atom stereocenters. The van der Waals surface area contributed by atoms with Crippen LogP contribution in [0.2, 0.25) is 0 Å². The molecule has 6 nitrogen and oxygen atoms in total. The number of amides is 1. The normalized spacial score (nSPS) is 11.9. The topological polar surface area (TPSA) is 77.4 Å². The lowest BCUT2D eigenvalue weighted by molar-refractivity contribution is -0.116. The van der Waals surface area contributed by atoms with Gasteiger partial charge in [0.25, 0.3) is 0 Å². The van der Waals surface area contributed by atoms with Crippen LogP contribution in [0.3, 0.4) is 0 Å². The molecule has 0 saturated carbocycles. The van der Waals surface area contributed by atoms with Crippen LogP contribution in [0.4, 0.5) is 5.82 Å². The van der Waals surface area contributed by atoms with E-state index in [1.165, 1.54) is 19.2 Å². The van der Waals surface area contributed by atoms with Crippen molar-refractivity contribution in [3.63, 3.8) is 0 Å². The standard InChI is InChI=1S/C21H30N2O4S/c1-13(2)12-19(24)22-21-20(15(5)16(6)23(21)14(3)4)28(25,26)18-10-8-17(27-7)9-11-18/h8-11,13-14H,12H2,1-7H3,(H,22,24). The first-order valence-electron chi connectivity index (χ1n) is 9.41. The molecule has 0 aliphatic heterocycles. The summed E-state index contributed by atoms with van der Waals surface area (Å²) in [6.45, 7) is 11.5. The Morgan fingerprint density at radius 2 is 1.68 bits per heavy atom. The van der Waals surface area contributed by atoms with Gasteiger partial charge in [0.1, 0.15) is 16.5 Å². The van der Waals surface area contributed by atoms with Crippen LogP contribution in [0.1, 0.15) is 51.4 Å². The Morgan fingerprint density at radius 1 is 1.11 bits per heavy atom. The molecule has 154 valence electrons. The Balaban J connectivity index is 2.67. The molecule has 0 unspecified atom stereocenters. The second-order valence-electron chi connectivity index (χ2n) is 7.68. The van der Waals surface area contributed by atoms with Gasteiger partial charge in [0.2, 0.25) is 15.7 Å². The molecule has 0 aliphatic carbocycles. The summed E-state index contributed by atoms with van der Waals surface area (Å²) in [6.07, 6.45) is 0.323. The average Bonchev–Trinajstić information content (AvgIpc) is 2.85. The minimum absolute atomic E-state index is 0.00660. The Kier molecular flexibility index (Phi) is 6.59. The van der Waals surface area contributed by atoms with Crippen LogP contribution in [-0.2, 0) is 14.6 Å². The summed E-state index contributed by atoms with van der Waals surface area (Å²) in [7, 11) is -2.30. The van der Waals surface area contributed by atoms with Crippen LogP contribution < -0.4 is 10.1 Å². The van der Waals surface area contributed by atoms with Gasteiger partial charge in [0.05, 0.1) is 12.0 Å². The average molecular weight is 407 g/mol. The number of anilines is 1. The van der Waals surface area contributed by atoms with Crippen LogP contribution in [0, 0.1) is 19.8 Å². The van der Waals surface area contributed by atoms with Crippen LogP contribution in [0.5, 0.6) is 5.75 Å². The van der Waals surface area contributed by atoms with E-state index in [-0.39, 0.29) is 27.7 Å². The monoisotopic (exact) mass is 406 g/mol. The maximum atomic E-state index is 13.5. The van der Waals surface area contributed by atoms with E-state index in [0.717, 1.165) is 5.69 Å². The van der Waals surface area contributed by atoms with Gasteiger partial charge in [0, 0.05) is 18.2 Å². The molecule has 0 spiro atoms. The zero-order chi connectivity index (χ0) is 21.2. The zero-order valence-electron chi connectivity index (χ0n) is 17.7. The first-order valence-corrected chi connectivity index (χ1v) is 10.9. The van der Waals surface area contributed by atoms with E-state index >= 15 is 0 Å². The van der Waals surface area contributed by atoms with Crippen molar-refractivity contribution >= 4 is 21.6 Å². The lowest BCUT2D eigenvalue weighted by atomic mass is 10.1. The number of rotatable bonds is 7. The SMILES string of the molecule is COc1ccc(S(=O)(=O)c2c(C)c(C)n(C(C)C)c2NC(=O)CC(C)C)cc1. The number of carbonyl (C=O) groups is 1. The van der Waals surface area contributed by atoms with Gasteiger partial charge in [-0.25, -0.2) is 8.42 Å². The van der Waals surface area contributed by atoms with Gasteiger partial charge < -0.3 is 14.6 Å². The Morgan fingerprint density at radius 3 is 2.14 bits per heavy atom. The number of sulfone groups is 1. The number of aromatic nitrogens is 1. The molecule has 1 aromatic carbocycles. The number of nitrogens with zero attached hydrogens (tertiary/aromatic N) is 1. The van der Waals surface area contributed by atoms with Gasteiger partial charge in [0.15, 0.2) is 0 Å². The third-order valence-electron chi connectivity index (χ3n) is 4.71. The van der Waals surface area contributed by atoms with Gasteiger partial charge in [-0.2, -0.15) is 0 Å². The molecule has 1 aromatic heterocycles. The fourth-order valence-electron chi connectivity index (χ4n) is 3.32. The Hall–Kier alpha value is -2.28. The fourth-order valence-corrected chi connectivity index (χ4v) is 5.00. The minimum atomic E-state index is -3.83. The number of methoxy groups -OCH3 is 1. The van der Waals surface area contributed by atoms with E-state index in [0.29, 0.717) is 23.6 Å². The molecule has 0 fully saturated rings. The number of hydrogen-bond donors (Lipinski definition) is 1. The molecular weight excluding hydrogens is 376 g/mol. The van der Waals surface area contributed by atoms with E-state index < -0.39 is 9.84 Å². The first-order chi connectivity index (χ1) is 13.0. The summed E-state index contributed by atoms with van der Waals surface area (Å²) in [6, 6.07) is 6.27. The number of carbonyl (C=O) groups excluding carboxylic acids is 1. The molecule has 0 aliphatic rings. The fraction of sp³-hybridized carbons (Fsp3) is 0.476. The van der Waals surface area contributed by atoms with Crippen LogP contribution >= 0.6 is 0 Å². The van der Waals surface area contributed by atoms with Gasteiger partial charge in [-0.1, -0.05) is 13.8 Å². The summed E-state index contributed by atoms with van der Waals surface area (Å²) < 4.78 is 33.9. The molecule has 28 heavy (non-hydrogen) atoms. The second-order valence-corrected chi connectivity index (χ2v) is 9.56. The number of ether oxygens (including phenoxy) is 1. The second kappa shape index (κ2) is 8.39. The molecule has 2 rings (SSSR count). The van der Waals surface area contributed by atoms with Crippen molar-refractivity contribution in [2.24, 2.45) is 5.92 Å². The zero-order valence-corrected chi connectivity index (χ0v) is 18.5. The third-order valence-corrected chi connectivity index (χ3v) is 6.64. The highest BCUT2D eigenvalue weighted by molar-refractivity contribution is 7.91. The summed E-state index contributed by atoms with van der Waals surface area (Å²) in [5.74, 6) is 0.899. The van der Waals surface area contributed by atoms with Crippen molar-refractivity contribution < 1.29 is 17.9 Å². The Labute approximate surface area is 167 Å². The third kappa shape index (κ3) is 4.24. The summed E-state index contributed by atoms with van der Waals surface area (Å²) >= 11 is 0. The predicted molar refractivity (Wildman–Crippen MR) is 111 cm³/mol. The van der Waals surface area contributed by atoms with Gasteiger partial charge >= 0.3 is 0 Å². The Bertz CT molecular complexity index is 955. The molecule has 0 saturated heterocycles. The number of nitrogens with one attached hydrogen (secondary N) is 1. The quantitative estimate of drug-likeness (QED) is 0.734. The van der Waals surface area contributed by atoms with Crippen molar-refractivity contribution in [1.82, 2.24) is 4.57 Å². The molecular formula is C21H30N2O4S. The molecule has 0 radical (unpaired) electrons. The van der Waals surface area contributed by atoms with E-state index in [2.05, 4.69) is 5.32 Å². The minimum Gasteiger partial charge on any atom is -0.497 e. The van der Waals surface area contributed by atoms with E-state index in [4.69, 9.17) is 4.74 Å². The molecule has 7 heteroatoms. The van der Waals surface area contributed by atoms with Crippen LogP contribution in [0.15, 0.2) is 34.1 Å². The van der Waals surface area contributed by atoms with Crippen LogP contribution in [-0.4, -0.2) is 26.0 Å². The largest absolute Gasteiger partial charge is 0.497 e. The first kappa shape index (κ1) is 22.0. The highest BCUT2D eigenvalue weighted by Crippen LogP contribution is 2.37. The lowest BCUT2D eigenvalue weighted by Crippen LogP contribution is -2.19. The van der Waals surface area contributed by atoms with Gasteiger partial charge in [-0.15, -0.1) is 0 Å².